The Morgan fingerprint density at radius 3 is 2.44 bits per heavy atom. The van der Waals surface area contributed by atoms with Crippen LogP contribution in [0.25, 0.3) is 0 Å². The van der Waals surface area contributed by atoms with Crippen LogP contribution in [0.5, 0.6) is 0 Å². The van der Waals surface area contributed by atoms with Crippen molar-refractivity contribution in [3.63, 3.8) is 0 Å². The Morgan fingerprint density at radius 2 is 1.79 bits per heavy atom. The largest absolute Gasteiger partial charge is 0.381 e. The van der Waals surface area contributed by atoms with E-state index < -0.39 is 41.6 Å². The highest BCUT2D eigenvalue weighted by molar-refractivity contribution is 5.94. The molecule has 2 heterocycles. The molecular weight excluding hydrogens is 440 g/mol. The maximum Gasteiger partial charge on any atom is 0.251 e. The van der Waals surface area contributed by atoms with E-state index in [0.29, 0.717) is 38.8 Å². The Morgan fingerprint density at radius 1 is 1.06 bits per heavy atom. The van der Waals surface area contributed by atoms with E-state index in [-0.39, 0.29) is 17.7 Å². The molecule has 0 unspecified atom stereocenters. The van der Waals surface area contributed by atoms with Crippen LogP contribution in [-0.4, -0.2) is 71.7 Å². The van der Waals surface area contributed by atoms with Gasteiger partial charge in [0.2, 0.25) is 17.7 Å². The highest BCUT2D eigenvalue weighted by atomic mass is 16.5. The third kappa shape index (κ3) is 6.47. The van der Waals surface area contributed by atoms with E-state index in [1.807, 2.05) is 0 Å². The highest BCUT2D eigenvalue weighted by Crippen LogP contribution is 2.30. The first-order valence-corrected chi connectivity index (χ1v) is 12.7. The van der Waals surface area contributed by atoms with Gasteiger partial charge in [0, 0.05) is 13.2 Å². The molecule has 3 rings (SSSR count). The van der Waals surface area contributed by atoms with Crippen molar-refractivity contribution in [2.24, 2.45) is 5.92 Å². The van der Waals surface area contributed by atoms with Gasteiger partial charge in [-0.05, 0) is 50.9 Å². The van der Waals surface area contributed by atoms with Crippen LogP contribution < -0.4 is 21.3 Å². The number of ether oxygens (including phenoxy) is 1. The third-order valence-corrected chi connectivity index (χ3v) is 7.20. The predicted octanol–water partition coefficient (Wildman–Crippen LogP) is 0.271. The maximum atomic E-state index is 13.5. The summed E-state index contributed by atoms with van der Waals surface area (Å²) in [6, 6.07) is -1.58. The van der Waals surface area contributed by atoms with Gasteiger partial charge in [-0.3, -0.25) is 19.2 Å². The zero-order valence-corrected chi connectivity index (χ0v) is 20.4. The number of aliphatic hydroxyl groups excluding tert-OH is 1. The van der Waals surface area contributed by atoms with Gasteiger partial charge < -0.3 is 31.1 Å². The lowest BCUT2D eigenvalue weighted by Crippen LogP contribution is -2.65. The molecule has 1 aliphatic carbocycles. The van der Waals surface area contributed by atoms with Gasteiger partial charge in [-0.1, -0.05) is 33.1 Å². The molecule has 0 radical (unpaired) electrons. The van der Waals surface area contributed by atoms with Crippen LogP contribution in [-0.2, 0) is 23.9 Å². The molecule has 5 N–H and O–H groups in total. The van der Waals surface area contributed by atoms with E-state index in [0.717, 1.165) is 38.5 Å². The van der Waals surface area contributed by atoms with Gasteiger partial charge in [0.1, 0.15) is 17.7 Å². The first-order valence-electron chi connectivity index (χ1n) is 12.7. The van der Waals surface area contributed by atoms with E-state index in [1.54, 1.807) is 13.8 Å². The summed E-state index contributed by atoms with van der Waals surface area (Å²) in [5, 5.41) is 22.1. The van der Waals surface area contributed by atoms with Gasteiger partial charge in [-0.25, -0.2) is 0 Å². The van der Waals surface area contributed by atoms with Crippen molar-refractivity contribution in [1.29, 1.82) is 0 Å². The van der Waals surface area contributed by atoms with Crippen LogP contribution in [0, 0.1) is 5.92 Å². The van der Waals surface area contributed by atoms with Gasteiger partial charge in [0.15, 0.2) is 6.10 Å². The zero-order chi connectivity index (χ0) is 24.7. The van der Waals surface area contributed by atoms with Crippen molar-refractivity contribution in [3.8, 4) is 0 Å². The Kier molecular flexibility index (Phi) is 9.30. The van der Waals surface area contributed by atoms with E-state index >= 15 is 0 Å². The molecule has 2 saturated heterocycles. The second-order valence-electron chi connectivity index (χ2n) is 10.2. The number of hydrogen-bond donors (Lipinski definition) is 5. The summed E-state index contributed by atoms with van der Waals surface area (Å²) in [4.78, 5) is 51.3. The second-order valence-corrected chi connectivity index (χ2v) is 10.2. The Hall–Kier alpha value is -2.20. The number of nitrogens with one attached hydrogen (secondary N) is 4. The number of carbonyl (C=O) groups is 4. The standard InChI is InChI=1S/C24H40N4O6/c1-15(2)18(19(29)22(32)26-16-9-4-7-13-25-20(16)30)27-23(33)24(11-5-3-6-12-24)28-21(31)17-10-8-14-34-17/h15-19,29H,3-14H2,1-2H3,(H,25,30)(H,26,32)(H,27,33)(H,28,31)/t16-,17+,18-,19-/m0/s1. The molecule has 4 amide bonds. The minimum absolute atomic E-state index is 0.262. The van der Waals surface area contributed by atoms with E-state index in [1.165, 1.54) is 0 Å². The highest BCUT2D eigenvalue weighted by Gasteiger charge is 2.44. The SMILES string of the molecule is CC(C)[C@H](NC(=O)C1(NC(=O)[C@H]2CCCO2)CCCCC1)[C@H](O)C(=O)N[C@H]1CCCCNC1=O. The summed E-state index contributed by atoms with van der Waals surface area (Å²) in [5.41, 5.74) is -1.09. The quantitative estimate of drug-likeness (QED) is 0.337. The molecule has 0 spiro atoms. The summed E-state index contributed by atoms with van der Waals surface area (Å²) in [6.45, 7) is 4.71. The maximum absolute atomic E-state index is 13.5. The average Bonchev–Trinajstić information content (AvgIpc) is 3.29. The van der Waals surface area contributed by atoms with Crippen molar-refractivity contribution in [2.75, 3.05) is 13.2 Å². The van der Waals surface area contributed by atoms with E-state index in [4.69, 9.17) is 4.74 Å². The van der Waals surface area contributed by atoms with Crippen LogP contribution in [0.2, 0.25) is 0 Å². The number of carbonyl (C=O) groups excluding carboxylic acids is 4. The minimum atomic E-state index is -1.53. The molecule has 3 fully saturated rings. The Balaban J connectivity index is 1.68. The number of rotatable bonds is 8. The molecule has 0 aromatic heterocycles. The molecular formula is C24H40N4O6. The molecule has 1 saturated carbocycles. The van der Waals surface area contributed by atoms with Crippen LogP contribution >= 0.6 is 0 Å². The summed E-state index contributed by atoms with van der Waals surface area (Å²) >= 11 is 0. The van der Waals surface area contributed by atoms with Gasteiger partial charge >= 0.3 is 0 Å². The first-order chi connectivity index (χ1) is 16.2. The van der Waals surface area contributed by atoms with E-state index in [2.05, 4.69) is 21.3 Å². The lowest BCUT2D eigenvalue weighted by atomic mass is 9.80. The summed E-state index contributed by atoms with van der Waals surface area (Å²) < 4.78 is 5.49. The molecule has 0 aromatic carbocycles. The lowest BCUT2D eigenvalue weighted by molar-refractivity contribution is -0.142. The van der Waals surface area contributed by atoms with Crippen molar-refractivity contribution in [2.45, 2.75) is 108 Å². The minimum Gasteiger partial charge on any atom is -0.381 e. The average molecular weight is 481 g/mol. The van der Waals surface area contributed by atoms with Crippen molar-refractivity contribution in [3.05, 3.63) is 0 Å². The van der Waals surface area contributed by atoms with Crippen LogP contribution in [0.15, 0.2) is 0 Å². The van der Waals surface area contributed by atoms with Crippen molar-refractivity contribution >= 4 is 23.6 Å². The summed E-state index contributed by atoms with van der Waals surface area (Å²) in [7, 11) is 0. The molecule has 3 aliphatic rings. The molecule has 192 valence electrons. The Bertz CT molecular complexity index is 746. The molecule has 0 bridgehead atoms. The van der Waals surface area contributed by atoms with Gasteiger partial charge in [0.05, 0.1) is 6.04 Å². The molecule has 34 heavy (non-hydrogen) atoms. The fourth-order valence-corrected chi connectivity index (χ4v) is 5.06. The summed E-state index contributed by atoms with van der Waals surface area (Å²) in [5.74, 6) is -1.89. The topological polar surface area (TPSA) is 146 Å². The van der Waals surface area contributed by atoms with Gasteiger partial charge in [-0.2, -0.15) is 0 Å². The van der Waals surface area contributed by atoms with Gasteiger partial charge in [0.25, 0.3) is 5.91 Å². The fraction of sp³-hybridized carbons (Fsp3) is 0.833. The molecule has 10 heteroatoms. The van der Waals surface area contributed by atoms with Crippen LogP contribution in [0.3, 0.4) is 0 Å². The lowest BCUT2D eigenvalue weighted by Gasteiger charge is -2.39. The number of hydrogen-bond acceptors (Lipinski definition) is 6. The van der Waals surface area contributed by atoms with Crippen LogP contribution in [0.4, 0.5) is 0 Å². The molecule has 2 aliphatic heterocycles. The number of amides is 4. The summed E-state index contributed by atoms with van der Waals surface area (Å²) in [6.07, 6.45) is 5.05. The fourth-order valence-electron chi connectivity index (χ4n) is 5.06. The monoisotopic (exact) mass is 480 g/mol. The van der Waals surface area contributed by atoms with E-state index in [9.17, 15) is 24.3 Å². The van der Waals surface area contributed by atoms with Crippen molar-refractivity contribution < 1.29 is 29.0 Å². The predicted molar refractivity (Wildman–Crippen MR) is 124 cm³/mol. The molecule has 4 atom stereocenters. The molecule has 10 nitrogen and oxygen atoms in total. The van der Waals surface area contributed by atoms with Gasteiger partial charge in [-0.15, -0.1) is 0 Å². The first kappa shape index (κ1) is 26.4. The second kappa shape index (κ2) is 12.0. The zero-order valence-electron chi connectivity index (χ0n) is 20.4. The molecule has 0 aromatic rings. The Labute approximate surface area is 201 Å². The smallest absolute Gasteiger partial charge is 0.251 e. The van der Waals surface area contributed by atoms with Crippen molar-refractivity contribution in [1.82, 2.24) is 21.3 Å². The number of aliphatic hydroxyl groups is 1. The normalized spacial score (nSPS) is 26.6. The van der Waals surface area contributed by atoms with Crippen LogP contribution in [0.1, 0.15) is 78.1 Å². The third-order valence-electron chi connectivity index (χ3n) is 7.20.